The van der Waals surface area contributed by atoms with Crippen molar-refractivity contribution in [1.29, 1.82) is 0 Å². The van der Waals surface area contributed by atoms with Gasteiger partial charge in [-0.15, -0.1) is 0 Å². The van der Waals surface area contributed by atoms with E-state index in [1.54, 1.807) is 36.1 Å². The monoisotopic (exact) mass is 359 g/mol. The highest BCUT2D eigenvalue weighted by Gasteiger charge is 2.34. The fraction of sp³-hybridized carbons (Fsp3) is 0.263. The second kappa shape index (κ2) is 6.25. The third-order valence-corrected chi connectivity index (χ3v) is 4.77. The van der Waals surface area contributed by atoms with Crippen LogP contribution in [0.4, 0.5) is 13.2 Å². The number of fused-ring (bicyclic) bond motifs is 1. The van der Waals surface area contributed by atoms with Gasteiger partial charge >= 0.3 is 0 Å². The molecule has 1 fully saturated rings. The molecule has 7 heteroatoms. The zero-order valence-electron chi connectivity index (χ0n) is 14.0. The lowest BCUT2D eigenvalue weighted by atomic mass is 10.0. The minimum absolute atomic E-state index is 0.0889. The van der Waals surface area contributed by atoms with Crippen molar-refractivity contribution in [3.05, 3.63) is 53.9 Å². The van der Waals surface area contributed by atoms with Crippen LogP contribution in [-0.2, 0) is 4.79 Å². The molecule has 1 unspecified atom stereocenters. The molecule has 0 N–H and O–H groups in total. The van der Waals surface area contributed by atoms with E-state index in [0.717, 1.165) is 0 Å². The number of aryl methyl sites for hydroxylation is 1. The maximum absolute atomic E-state index is 14.4. The van der Waals surface area contributed by atoms with Gasteiger partial charge in [-0.2, -0.15) is 0 Å². The molecular weight excluding hydrogens is 343 g/mol. The summed E-state index contributed by atoms with van der Waals surface area (Å²) in [5, 5.41) is 0. The Morgan fingerprint density at radius 1 is 1.31 bits per heavy atom. The van der Waals surface area contributed by atoms with Crippen molar-refractivity contribution in [2.45, 2.75) is 19.3 Å². The number of halogens is 3. The first-order chi connectivity index (χ1) is 12.5. The maximum Gasteiger partial charge on any atom is 0.167 e. The minimum Gasteiger partial charge on any atom is -0.320 e. The minimum atomic E-state index is -0.987. The summed E-state index contributed by atoms with van der Waals surface area (Å²) in [5.41, 5.74) is 1.77. The SMILES string of the molecule is Cc1cccc(-c2cnc3c(F)cn(C(C=O)N4CC(F)C4)c3c2)c1F. The van der Waals surface area contributed by atoms with E-state index in [9.17, 15) is 18.0 Å². The molecule has 4 nitrogen and oxygen atoms in total. The maximum atomic E-state index is 14.4. The third kappa shape index (κ3) is 2.59. The number of aldehydes is 1. The van der Waals surface area contributed by atoms with Gasteiger partial charge < -0.3 is 4.57 Å². The first-order valence-electron chi connectivity index (χ1n) is 8.24. The number of aromatic nitrogens is 2. The zero-order chi connectivity index (χ0) is 18.4. The Labute approximate surface area is 147 Å². The number of nitrogens with zero attached hydrogens (tertiary/aromatic N) is 3. The average molecular weight is 359 g/mol. The largest absolute Gasteiger partial charge is 0.320 e. The number of carbonyl (C=O) groups is 1. The summed E-state index contributed by atoms with van der Waals surface area (Å²) in [4.78, 5) is 17.3. The highest BCUT2D eigenvalue weighted by Crippen LogP contribution is 2.31. The van der Waals surface area contributed by atoms with Gasteiger partial charge in [0.25, 0.3) is 0 Å². The van der Waals surface area contributed by atoms with E-state index in [4.69, 9.17) is 0 Å². The van der Waals surface area contributed by atoms with E-state index < -0.39 is 18.2 Å². The van der Waals surface area contributed by atoms with Gasteiger partial charge in [0.2, 0.25) is 0 Å². The van der Waals surface area contributed by atoms with E-state index in [2.05, 4.69) is 4.98 Å². The van der Waals surface area contributed by atoms with Crippen LogP contribution in [0, 0.1) is 18.6 Å². The predicted octanol–water partition coefficient (Wildman–Crippen LogP) is 3.64. The lowest BCUT2D eigenvalue weighted by molar-refractivity contribution is -0.119. The lowest BCUT2D eigenvalue weighted by Gasteiger charge is -2.38. The van der Waals surface area contributed by atoms with Gasteiger partial charge in [-0.25, -0.2) is 13.2 Å². The van der Waals surface area contributed by atoms with Gasteiger partial charge in [0.15, 0.2) is 12.1 Å². The molecule has 1 atom stereocenters. The topological polar surface area (TPSA) is 38.1 Å². The van der Waals surface area contributed by atoms with Crippen molar-refractivity contribution in [3.63, 3.8) is 0 Å². The van der Waals surface area contributed by atoms with Gasteiger partial charge in [0.05, 0.1) is 5.52 Å². The van der Waals surface area contributed by atoms with Crippen LogP contribution in [0.1, 0.15) is 11.7 Å². The first kappa shape index (κ1) is 16.8. The van der Waals surface area contributed by atoms with Crippen molar-refractivity contribution in [2.75, 3.05) is 13.1 Å². The molecule has 3 aromatic rings. The summed E-state index contributed by atoms with van der Waals surface area (Å²) in [5.74, 6) is -0.956. The molecule has 0 aliphatic carbocycles. The predicted molar refractivity (Wildman–Crippen MR) is 91.4 cm³/mol. The molecule has 0 bridgehead atoms. The number of alkyl halides is 1. The van der Waals surface area contributed by atoms with E-state index in [0.29, 0.717) is 28.5 Å². The highest BCUT2D eigenvalue weighted by molar-refractivity contribution is 5.83. The highest BCUT2D eigenvalue weighted by atomic mass is 19.1. The molecule has 2 aromatic heterocycles. The van der Waals surface area contributed by atoms with Gasteiger partial charge in [-0.1, -0.05) is 18.2 Å². The van der Waals surface area contributed by atoms with E-state index >= 15 is 0 Å². The van der Waals surface area contributed by atoms with E-state index in [1.807, 2.05) is 0 Å². The Morgan fingerprint density at radius 2 is 2.08 bits per heavy atom. The molecule has 1 aliphatic rings. The van der Waals surface area contributed by atoms with Gasteiger partial charge in [-0.3, -0.25) is 14.7 Å². The van der Waals surface area contributed by atoms with E-state index in [-0.39, 0.29) is 24.4 Å². The number of benzene rings is 1. The van der Waals surface area contributed by atoms with Gasteiger partial charge in [0.1, 0.15) is 23.7 Å². The summed E-state index contributed by atoms with van der Waals surface area (Å²) < 4.78 is 43.3. The van der Waals surface area contributed by atoms with Crippen LogP contribution in [0.15, 0.2) is 36.7 Å². The quantitative estimate of drug-likeness (QED) is 0.668. The Bertz CT molecular complexity index is 995. The molecular formula is C19H16F3N3O. The Kier molecular flexibility index (Phi) is 4.03. The van der Waals surface area contributed by atoms with Crippen molar-refractivity contribution in [1.82, 2.24) is 14.5 Å². The molecule has 134 valence electrons. The Balaban J connectivity index is 1.84. The molecule has 3 heterocycles. The molecule has 0 saturated carbocycles. The van der Waals surface area contributed by atoms with Gasteiger partial charge in [-0.05, 0) is 18.6 Å². The summed E-state index contributed by atoms with van der Waals surface area (Å²) in [6.07, 6.45) is 1.42. The third-order valence-electron chi connectivity index (χ3n) is 4.77. The summed E-state index contributed by atoms with van der Waals surface area (Å²) >= 11 is 0. The Morgan fingerprint density at radius 3 is 2.77 bits per heavy atom. The molecule has 0 radical (unpaired) electrons. The Hall–Kier alpha value is -2.67. The molecule has 4 rings (SSSR count). The van der Waals surface area contributed by atoms with Crippen molar-refractivity contribution < 1.29 is 18.0 Å². The fourth-order valence-corrected chi connectivity index (χ4v) is 3.32. The second-order valence-electron chi connectivity index (χ2n) is 6.51. The van der Waals surface area contributed by atoms with Crippen LogP contribution in [0.5, 0.6) is 0 Å². The van der Waals surface area contributed by atoms with Crippen LogP contribution >= 0.6 is 0 Å². The number of carbonyl (C=O) groups excluding carboxylic acids is 1. The van der Waals surface area contributed by atoms with Crippen molar-refractivity contribution >= 4 is 17.3 Å². The van der Waals surface area contributed by atoms with Crippen LogP contribution in [-0.4, -0.2) is 40.0 Å². The van der Waals surface area contributed by atoms with Crippen LogP contribution in [0.2, 0.25) is 0 Å². The van der Waals surface area contributed by atoms with Crippen LogP contribution in [0.25, 0.3) is 22.2 Å². The van der Waals surface area contributed by atoms with E-state index in [1.165, 1.54) is 17.0 Å². The molecule has 0 spiro atoms. The molecule has 0 amide bonds. The molecule has 1 saturated heterocycles. The van der Waals surface area contributed by atoms with Crippen molar-refractivity contribution in [2.24, 2.45) is 0 Å². The van der Waals surface area contributed by atoms with Gasteiger partial charge in [0, 0.05) is 36.6 Å². The number of pyridine rings is 1. The zero-order valence-corrected chi connectivity index (χ0v) is 14.0. The molecule has 1 aliphatic heterocycles. The lowest BCUT2D eigenvalue weighted by Crippen LogP contribution is -2.51. The summed E-state index contributed by atoms with van der Waals surface area (Å²) in [7, 11) is 0. The number of hydrogen-bond donors (Lipinski definition) is 0. The normalized spacial score (nSPS) is 16.6. The standard InChI is InChI=1S/C19H16F3N3O/c1-11-3-2-4-14(18(11)22)12-5-16-19(23-6-12)15(21)9-25(16)17(10-26)24-7-13(20)8-24/h2-6,9-10,13,17H,7-8H2,1H3. The van der Waals surface area contributed by atoms with Crippen LogP contribution < -0.4 is 0 Å². The fourth-order valence-electron chi connectivity index (χ4n) is 3.32. The second-order valence-corrected chi connectivity index (χ2v) is 6.51. The number of rotatable bonds is 4. The number of likely N-dealkylation sites (tertiary alicyclic amines) is 1. The molecule has 26 heavy (non-hydrogen) atoms. The average Bonchev–Trinajstić information content (AvgIpc) is 2.93. The molecule has 1 aromatic carbocycles. The first-order valence-corrected chi connectivity index (χ1v) is 8.24. The van der Waals surface area contributed by atoms with Crippen molar-refractivity contribution in [3.8, 4) is 11.1 Å². The smallest absolute Gasteiger partial charge is 0.167 e. The summed E-state index contributed by atoms with van der Waals surface area (Å²) in [6, 6.07) is 6.61. The number of hydrogen-bond acceptors (Lipinski definition) is 3. The summed E-state index contributed by atoms with van der Waals surface area (Å²) in [6.45, 7) is 1.89. The van der Waals surface area contributed by atoms with Crippen LogP contribution in [0.3, 0.4) is 0 Å².